The van der Waals surface area contributed by atoms with Crippen LogP contribution < -0.4 is 0 Å². The molecule has 1 aromatic heterocycles. The number of nitrogens with zero attached hydrogens (tertiary/aromatic N) is 3. The van der Waals surface area contributed by atoms with Crippen LogP contribution in [0.25, 0.3) is 5.69 Å². The second kappa shape index (κ2) is 5.85. The minimum atomic E-state index is -4.57. The number of halogens is 5. The molecular formula is C13H8BrF4N3. The minimum Gasteiger partial charge on any atom is -0.237 e. The second-order valence-corrected chi connectivity index (χ2v) is 4.94. The van der Waals surface area contributed by atoms with Crippen molar-refractivity contribution in [3.63, 3.8) is 0 Å². The van der Waals surface area contributed by atoms with Gasteiger partial charge in [-0.1, -0.05) is 15.9 Å². The molecule has 0 N–H and O–H groups in total. The summed E-state index contributed by atoms with van der Waals surface area (Å²) < 4.78 is 52.6. The van der Waals surface area contributed by atoms with E-state index in [2.05, 4.69) is 21.0 Å². The van der Waals surface area contributed by atoms with Gasteiger partial charge >= 0.3 is 6.18 Å². The maximum atomic E-state index is 13.3. The maximum absolute atomic E-state index is 13.3. The van der Waals surface area contributed by atoms with E-state index in [-0.39, 0.29) is 11.3 Å². The highest BCUT2D eigenvalue weighted by atomic mass is 79.9. The van der Waals surface area contributed by atoms with Crippen molar-refractivity contribution in [1.29, 1.82) is 5.26 Å². The first kappa shape index (κ1) is 15.5. The first-order chi connectivity index (χ1) is 9.86. The van der Waals surface area contributed by atoms with E-state index in [1.54, 1.807) is 6.07 Å². The normalized spacial score (nSPS) is 11.4. The highest BCUT2D eigenvalue weighted by Gasteiger charge is 2.35. The topological polar surface area (TPSA) is 41.6 Å². The molecule has 0 bridgehead atoms. The minimum absolute atomic E-state index is 0.208. The molecule has 0 saturated carbocycles. The molecule has 0 atom stereocenters. The lowest BCUT2D eigenvalue weighted by molar-refractivity contribution is -0.141. The van der Waals surface area contributed by atoms with Gasteiger partial charge in [0.25, 0.3) is 0 Å². The average Bonchev–Trinajstić information content (AvgIpc) is 2.84. The van der Waals surface area contributed by atoms with Gasteiger partial charge in [0.05, 0.1) is 11.3 Å². The monoisotopic (exact) mass is 361 g/mol. The number of hydrogen-bond donors (Lipinski definition) is 0. The third-order valence-electron chi connectivity index (χ3n) is 2.74. The molecule has 1 heterocycles. The van der Waals surface area contributed by atoms with E-state index in [0.29, 0.717) is 17.4 Å². The highest BCUT2D eigenvalue weighted by Crippen LogP contribution is 2.30. The molecule has 0 fully saturated rings. The number of alkyl halides is 4. The fourth-order valence-electron chi connectivity index (χ4n) is 1.79. The van der Waals surface area contributed by atoms with Gasteiger partial charge in [-0.25, -0.2) is 9.07 Å². The van der Waals surface area contributed by atoms with Gasteiger partial charge in [0.15, 0.2) is 5.69 Å². The Hall–Kier alpha value is -1.88. The first-order valence-corrected chi connectivity index (χ1v) is 6.91. The predicted octanol–water partition coefficient (Wildman–Crippen LogP) is 3.84. The zero-order valence-electron chi connectivity index (χ0n) is 10.5. The SMILES string of the molecule is N#Cc1cc(-n2nc(C(F)(F)F)cc2CCBr)ccc1F. The largest absolute Gasteiger partial charge is 0.435 e. The first-order valence-electron chi connectivity index (χ1n) is 5.79. The molecule has 2 aromatic rings. The maximum Gasteiger partial charge on any atom is 0.435 e. The molecule has 8 heteroatoms. The lowest BCUT2D eigenvalue weighted by Gasteiger charge is -2.07. The summed E-state index contributed by atoms with van der Waals surface area (Å²) in [5, 5.41) is 12.8. The molecule has 0 aliphatic heterocycles. The number of nitriles is 1. The van der Waals surface area contributed by atoms with E-state index in [4.69, 9.17) is 5.26 Å². The van der Waals surface area contributed by atoms with Crippen LogP contribution in [0.3, 0.4) is 0 Å². The van der Waals surface area contributed by atoms with E-state index in [9.17, 15) is 17.6 Å². The lowest BCUT2D eigenvalue weighted by Crippen LogP contribution is -2.08. The number of aromatic nitrogens is 2. The Balaban J connectivity index is 2.57. The Labute approximate surface area is 125 Å². The number of hydrogen-bond acceptors (Lipinski definition) is 2. The molecule has 0 aliphatic rings. The fraction of sp³-hybridized carbons (Fsp3) is 0.231. The number of aryl methyl sites for hydroxylation is 1. The summed E-state index contributed by atoms with van der Waals surface area (Å²) >= 11 is 3.16. The summed E-state index contributed by atoms with van der Waals surface area (Å²) in [6.07, 6.45) is -4.26. The van der Waals surface area contributed by atoms with Gasteiger partial charge in [-0.3, -0.25) is 0 Å². The summed E-state index contributed by atoms with van der Waals surface area (Å²) in [6, 6.07) is 6.06. The smallest absolute Gasteiger partial charge is 0.237 e. The Morgan fingerprint density at radius 1 is 1.29 bits per heavy atom. The predicted molar refractivity (Wildman–Crippen MR) is 70.7 cm³/mol. The van der Waals surface area contributed by atoms with Crippen molar-refractivity contribution in [2.75, 3.05) is 5.33 Å². The Kier molecular flexibility index (Phi) is 4.32. The molecule has 2 rings (SSSR count). The van der Waals surface area contributed by atoms with Crippen LogP contribution in [0.4, 0.5) is 17.6 Å². The quantitative estimate of drug-likeness (QED) is 0.615. The molecule has 1 aromatic carbocycles. The van der Waals surface area contributed by atoms with Crippen LogP contribution in [0.2, 0.25) is 0 Å². The molecule has 0 unspecified atom stereocenters. The lowest BCUT2D eigenvalue weighted by atomic mass is 10.2. The van der Waals surface area contributed by atoms with Gasteiger partial charge in [0.2, 0.25) is 0 Å². The third kappa shape index (κ3) is 3.24. The van der Waals surface area contributed by atoms with Crippen LogP contribution in [-0.4, -0.2) is 15.1 Å². The van der Waals surface area contributed by atoms with Gasteiger partial charge in [-0.2, -0.15) is 23.5 Å². The van der Waals surface area contributed by atoms with Gasteiger partial charge in [-0.05, 0) is 30.7 Å². The van der Waals surface area contributed by atoms with E-state index in [1.165, 1.54) is 12.1 Å². The summed E-state index contributed by atoms with van der Waals surface area (Å²) in [7, 11) is 0. The van der Waals surface area contributed by atoms with Crippen molar-refractivity contribution in [1.82, 2.24) is 9.78 Å². The summed E-state index contributed by atoms with van der Waals surface area (Å²) in [5.74, 6) is -0.730. The third-order valence-corrected chi connectivity index (χ3v) is 3.14. The van der Waals surface area contributed by atoms with Crippen molar-refractivity contribution >= 4 is 15.9 Å². The fourth-order valence-corrected chi connectivity index (χ4v) is 2.19. The summed E-state index contributed by atoms with van der Waals surface area (Å²) in [5.41, 5.74) is -0.753. The molecule has 0 amide bonds. The average molecular weight is 362 g/mol. The molecule has 21 heavy (non-hydrogen) atoms. The van der Waals surface area contributed by atoms with E-state index in [1.807, 2.05) is 0 Å². The summed E-state index contributed by atoms with van der Waals surface area (Å²) in [6.45, 7) is 0. The molecule has 0 saturated heterocycles. The molecule has 0 radical (unpaired) electrons. The van der Waals surface area contributed by atoms with Crippen molar-refractivity contribution in [2.45, 2.75) is 12.6 Å². The molecule has 0 aliphatic carbocycles. The van der Waals surface area contributed by atoms with Crippen LogP contribution in [0.5, 0.6) is 0 Å². The second-order valence-electron chi connectivity index (χ2n) is 4.15. The van der Waals surface area contributed by atoms with Crippen LogP contribution in [0, 0.1) is 17.1 Å². The van der Waals surface area contributed by atoms with Crippen molar-refractivity contribution in [3.05, 3.63) is 47.0 Å². The standard InChI is InChI=1S/C13H8BrF4N3/c14-4-3-10-6-12(13(16,17)18)20-21(10)9-1-2-11(15)8(5-9)7-19/h1-2,5-6H,3-4H2. The summed E-state index contributed by atoms with van der Waals surface area (Å²) in [4.78, 5) is 0. The Bertz CT molecular complexity index is 700. The molecule has 110 valence electrons. The van der Waals surface area contributed by atoms with Crippen LogP contribution in [-0.2, 0) is 12.6 Å². The number of rotatable bonds is 3. The van der Waals surface area contributed by atoms with Crippen molar-refractivity contribution in [2.24, 2.45) is 0 Å². The van der Waals surface area contributed by atoms with Crippen LogP contribution in [0.15, 0.2) is 24.3 Å². The van der Waals surface area contributed by atoms with Crippen molar-refractivity contribution < 1.29 is 17.6 Å². The zero-order valence-corrected chi connectivity index (χ0v) is 12.0. The van der Waals surface area contributed by atoms with Gasteiger partial charge in [-0.15, -0.1) is 0 Å². The number of benzene rings is 1. The van der Waals surface area contributed by atoms with E-state index >= 15 is 0 Å². The Morgan fingerprint density at radius 2 is 2.00 bits per heavy atom. The van der Waals surface area contributed by atoms with Crippen LogP contribution >= 0.6 is 15.9 Å². The zero-order chi connectivity index (χ0) is 15.6. The van der Waals surface area contributed by atoms with Crippen LogP contribution in [0.1, 0.15) is 17.0 Å². The molecular weight excluding hydrogens is 354 g/mol. The molecule has 0 spiro atoms. The van der Waals surface area contributed by atoms with Gasteiger partial charge in [0, 0.05) is 11.0 Å². The Morgan fingerprint density at radius 3 is 2.57 bits per heavy atom. The van der Waals surface area contributed by atoms with Gasteiger partial charge < -0.3 is 0 Å². The molecule has 3 nitrogen and oxygen atoms in total. The van der Waals surface area contributed by atoms with Gasteiger partial charge in [0.1, 0.15) is 11.9 Å². The highest BCUT2D eigenvalue weighted by molar-refractivity contribution is 9.09. The van der Waals surface area contributed by atoms with E-state index < -0.39 is 17.7 Å². The van der Waals surface area contributed by atoms with E-state index in [0.717, 1.165) is 16.8 Å². The van der Waals surface area contributed by atoms with Crippen molar-refractivity contribution in [3.8, 4) is 11.8 Å².